The molecular formula is C23H29N7. The molecule has 3 aromatic rings. The van der Waals surface area contributed by atoms with Crippen LogP contribution in [0.1, 0.15) is 18.1 Å². The second-order valence-electron chi connectivity index (χ2n) is 7.39. The van der Waals surface area contributed by atoms with E-state index in [9.17, 15) is 0 Å². The first-order chi connectivity index (χ1) is 14.8. The molecular weight excluding hydrogens is 374 g/mol. The lowest BCUT2D eigenvalue weighted by Crippen LogP contribution is -2.52. The van der Waals surface area contributed by atoms with Crippen molar-refractivity contribution in [2.24, 2.45) is 4.99 Å². The van der Waals surface area contributed by atoms with E-state index >= 15 is 0 Å². The first-order valence-corrected chi connectivity index (χ1v) is 10.5. The van der Waals surface area contributed by atoms with Gasteiger partial charge in [0, 0.05) is 57.9 Å². The van der Waals surface area contributed by atoms with Crippen molar-refractivity contribution >= 4 is 11.8 Å². The summed E-state index contributed by atoms with van der Waals surface area (Å²) in [5, 5.41) is 3.46. The first-order valence-electron chi connectivity index (χ1n) is 10.5. The lowest BCUT2D eigenvalue weighted by atomic mass is 10.1. The molecule has 30 heavy (non-hydrogen) atoms. The van der Waals surface area contributed by atoms with Gasteiger partial charge in [-0.3, -0.25) is 0 Å². The summed E-state index contributed by atoms with van der Waals surface area (Å²) < 4.78 is 2.08. The van der Waals surface area contributed by atoms with E-state index in [1.54, 1.807) is 0 Å². The molecule has 3 heterocycles. The molecule has 1 aliphatic rings. The largest absolute Gasteiger partial charge is 0.357 e. The van der Waals surface area contributed by atoms with Crippen LogP contribution < -0.4 is 10.2 Å². The topological polar surface area (TPSA) is 61.6 Å². The van der Waals surface area contributed by atoms with Crippen LogP contribution in [0, 0.1) is 0 Å². The van der Waals surface area contributed by atoms with Gasteiger partial charge in [-0.25, -0.2) is 15.0 Å². The number of benzene rings is 1. The monoisotopic (exact) mass is 403 g/mol. The summed E-state index contributed by atoms with van der Waals surface area (Å²) in [6, 6.07) is 14.7. The molecule has 7 nitrogen and oxygen atoms in total. The summed E-state index contributed by atoms with van der Waals surface area (Å²) in [5.74, 6) is 2.03. The molecule has 0 saturated carbocycles. The second-order valence-corrected chi connectivity index (χ2v) is 7.39. The Labute approximate surface area is 178 Å². The molecule has 0 bridgehead atoms. The van der Waals surface area contributed by atoms with Gasteiger partial charge in [-0.1, -0.05) is 30.3 Å². The van der Waals surface area contributed by atoms with Gasteiger partial charge in [-0.15, -0.1) is 0 Å². The van der Waals surface area contributed by atoms with Crippen LogP contribution in [-0.2, 0) is 13.1 Å². The number of anilines is 1. The predicted molar refractivity (Wildman–Crippen MR) is 121 cm³/mol. The van der Waals surface area contributed by atoms with Gasteiger partial charge in [0.2, 0.25) is 0 Å². The SMILES string of the molecule is CCNC(=NCc1cccc(Cn2ccnc2)c1)N1CCN(c2ccccn2)CC1. The number of rotatable bonds is 6. The van der Waals surface area contributed by atoms with E-state index in [-0.39, 0.29) is 0 Å². The van der Waals surface area contributed by atoms with E-state index in [1.165, 1.54) is 11.1 Å². The van der Waals surface area contributed by atoms with E-state index in [1.807, 2.05) is 37.1 Å². The summed E-state index contributed by atoms with van der Waals surface area (Å²) in [5.41, 5.74) is 2.48. The highest BCUT2D eigenvalue weighted by Crippen LogP contribution is 2.13. The first kappa shape index (κ1) is 19.9. The Balaban J connectivity index is 1.38. The maximum absolute atomic E-state index is 4.92. The van der Waals surface area contributed by atoms with Crippen molar-refractivity contribution in [1.29, 1.82) is 0 Å². The lowest BCUT2D eigenvalue weighted by Gasteiger charge is -2.37. The summed E-state index contributed by atoms with van der Waals surface area (Å²) >= 11 is 0. The van der Waals surface area contributed by atoms with Gasteiger partial charge in [0.15, 0.2) is 5.96 Å². The van der Waals surface area contributed by atoms with Gasteiger partial charge in [-0.05, 0) is 30.2 Å². The van der Waals surface area contributed by atoms with E-state index in [0.717, 1.165) is 51.0 Å². The van der Waals surface area contributed by atoms with Crippen molar-refractivity contribution in [2.75, 3.05) is 37.6 Å². The third-order valence-corrected chi connectivity index (χ3v) is 5.21. The predicted octanol–water partition coefficient (Wildman–Crippen LogP) is 2.61. The maximum Gasteiger partial charge on any atom is 0.194 e. The Bertz CT molecular complexity index is 929. The zero-order chi connectivity index (χ0) is 20.6. The van der Waals surface area contributed by atoms with Crippen LogP contribution >= 0.6 is 0 Å². The fraction of sp³-hybridized carbons (Fsp3) is 0.348. The van der Waals surface area contributed by atoms with Crippen molar-refractivity contribution in [3.8, 4) is 0 Å². The molecule has 0 atom stereocenters. The fourth-order valence-corrected chi connectivity index (χ4v) is 3.70. The highest BCUT2D eigenvalue weighted by atomic mass is 15.4. The van der Waals surface area contributed by atoms with Gasteiger partial charge in [0.05, 0.1) is 12.9 Å². The zero-order valence-electron chi connectivity index (χ0n) is 17.5. The van der Waals surface area contributed by atoms with Crippen LogP contribution in [0.2, 0.25) is 0 Å². The smallest absolute Gasteiger partial charge is 0.194 e. The van der Waals surface area contributed by atoms with Crippen molar-refractivity contribution in [3.05, 3.63) is 78.5 Å². The van der Waals surface area contributed by atoms with Crippen LogP contribution in [0.3, 0.4) is 0 Å². The minimum Gasteiger partial charge on any atom is -0.357 e. The standard InChI is InChI=1S/C23H29N7/c1-2-25-23(30-14-12-29(13-15-30)22-8-3-4-9-26-22)27-17-20-6-5-7-21(16-20)18-28-11-10-24-19-28/h3-11,16,19H,2,12-15,17-18H2,1H3,(H,25,27). The highest BCUT2D eigenvalue weighted by molar-refractivity contribution is 5.80. The molecule has 1 fully saturated rings. The molecule has 7 heteroatoms. The molecule has 2 aromatic heterocycles. The normalized spacial score (nSPS) is 14.8. The summed E-state index contributed by atoms with van der Waals surface area (Å²) in [6.45, 7) is 8.23. The number of hydrogen-bond acceptors (Lipinski definition) is 4. The van der Waals surface area contributed by atoms with Gasteiger partial charge in [0.1, 0.15) is 5.82 Å². The molecule has 1 aromatic carbocycles. The number of pyridine rings is 1. The third kappa shape index (κ3) is 5.17. The van der Waals surface area contributed by atoms with Gasteiger partial charge in [-0.2, -0.15) is 0 Å². The highest BCUT2D eigenvalue weighted by Gasteiger charge is 2.20. The Morgan fingerprint density at radius 1 is 1.03 bits per heavy atom. The minimum atomic E-state index is 0.667. The number of nitrogens with one attached hydrogen (secondary N) is 1. The Hall–Kier alpha value is -3.35. The number of piperazine rings is 1. The molecule has 4 rings (SSSR count). The fourth-order valence-electron chi connectivity index (χ4n) is 3.70. The van der Waals surface area contributed by atoms with Crippen molar-refractivity contribution < 1.29 is 0 Å². The molecule has 0 unspecified atom stereocenters. The lowest BCUT2D eigenvalue weighted by molar-refractivity contribution is 0.371. The van der Waals surface area contributed by atoms with Crippen molar-refractivity contribution in [3.63, 3.8) is 0 Å². The van der Waals surface area contributed by atoms with Crippen LogP contribution in [0.5, 0.6) is 0 Å². The quantitative estimate of drug-likeness (QED) is 0.506. The Kier molecular flexibility index (Phi) is 6.59. The number of nitrogens with zero attached hydrogens (tertiary/aromatic N) is 6. The van der Waals surface area contributed by atoms with Gasteiger partial charge >= 0.3 is 0 Å². The zero-order valence-corrected chi connectivity index (χ0v) is 17.5. The van der Waals surface area contributed by atoms with E-state index in [4.69, 9.17) is 4.99 Å². The molecule has 0 aliphatic carbocycles. The molecule has 1 aliphatic heterocycles. The van der Waals surface area contributed by atoms with Gasteiger partial charge in [0.25, 0.3) is 0 Å². The van der Waals surface area contributed by atoms with E-state index in [2.05, 4.69) is 66.9 Å². The number of aromatic nitrogens is 3. The van der Waals surface area contributed by atoms with Crippen LogP contribution in [0.4, 0.5) is 5.82 Å². The minimum absolute atomic E-state index is 0.667. The number of imidazole rings is 1. The van der Waals surface area contributed by atoms with Crippen LogP contribution in [0.25, 0.3) is 0 Å². The van der Waals surface area contributed by atoms with Crippen molar-refractivity contribution in [1.82, 2.24) is 24.8 Å². The van der Waals surface area contributed by atoms with E-state index in [0.29, 0.717) is 6.54 Å². The molecule has 1 saturated heterocycles. The maximum atomic E-state index is 4.92. The average Bonchev–Trinajstić information content (AvgIpc) is 3.31. The number of aliphatic imine (C=N–C) groups is 1. The Morgan fingerprint density at radius 3 is 2.63 bits per heavy atom. The summed E-state index contributed by atoms with van der Waals surface area (Å²) in [4.78, 5) is 18.2. The molecule has 156 valence electrons. The molecule has 1 N–H and O–H groups in total. The Morgan fingerprint density at radius 2 is 1.90 bits per heavy atom. The second kappa shape index (κ2) is 9.91. The van der Waals surface area contributed by atoms with Crippen LogP contribution in [-0.4, -0.2) is 58.1 Å². The third-order valence-electron chi connectivity index (χ3n) is 5.21. The molecule has 0 spiro atoms. The number of guanidine groups is 1. The molecule has 0 amide bonds. The van der Waals surface area contributed by atoms with Crippen molar-refractivity contribution in [2.45, 2.75) is 20.0 Å². The van der Waals surface area contributed by atoms with Crippen LogP contribution in [0.15, 0.2) is 72.4 Å². The average molecular weight is 404 g/mol. The molecule has 0 radical (unpaired) electrons. The summed E-state index contributed by atoms with van der Waals surface area (Å²) in [6.07, 6.45) is 7.50. The summed E-state index contributed by atoms with van der Waals surface area (Å²) in [7, 11) is 0. The number of hydrogen-bond donors (Lipinski definition) is 1. The van der Waals surface area contributed by atoms with Gasteiger partial charge < -0.3 is 19.7 Å². The van der Waals surface area contributed by atoms with E-state index < -0.39 is 0 Å².